The van der Waals surface area contributed by atoms with Gasteiger partial charge in [-0.15, -0.1) is 0 Å². The van der Waals surface area contributed by atoms with E-state index in [2.05, 4.69) is 0 Å². The molecule has 0 spiro atoms. The minimum atomic E-state index is -0.565. The molecular formula is C22H31NO3. The van der Waals surface area contributed by atoms with Gasteiger partial charge in [0.15, 0.2) is 0 Å². The van der Waals surface area contributed by atoms with Gasteiger partial charge < -0.3 is 20.0 Å². The molecule has 0 unspecified atom stereocenters. The van der Waals surface area contributed by atoms with Crippen molar-refractivity contribution in [3.63, 3.8) is 0 Å². The average molecular weight is 357 g/mol. The maximum Gasteiger partial charge on any atom is 0.134 e. The molecule has 1 aliphatic carbocycles. The van der Waals surface area contributed by atoms with Gasteiger partial charge in [-0.2, -0.15) is 0 Å². The van der Waals surface area contributed by atoms with Crippen molar-refractivity contribution in [2.45, 2.75) is 57.4 Å². The third-order valence-corrected chi connectivity index (χ3v) is 5.31. The van der Waals surface area contributed by atoms with Gasteiger partial charge in [0.25, 0.3) is 0 Å². The Hall–Kier alpha value is -1.78. The number of furan rings is 1. The Kier molecular flexibility index (Phi) is 6.38. The van der Waals surface area contributed by atoms with Crippen molar-refractivity contribution < 1.29 is 14.3 Å². The average Bonchev–Trinajstić information content (AvgIpc) is 3.15. The number of nitrogens with two attached hydrogens (primary N) is 1. The Labute approximate surface area is 156 Å². The molecule has 4 heteroatoms. The van der Waals surface area contributed by atoms with E-state index >= 15 is 0 Å². The molecule has 3 N–H and O–H groups in total. The number of rotatable bonds is 8. The summed E-state index contributed by atoms with van der Waals surface area (Å²) in [5.74, 6) is 3.38. The lowest BCUT2D eigenvalue weighted by Gasteiger charge is -2.21. The van der Waals surface area contributed by atoms with Crippen LogP contribution >= 0.6 is 0 Å². The molecule has 0 amide bonds. The number of aliphatic hydroxyl groups is 1. The number of benzene rings is 1. The van der Waals surface area contributed by atoms with Gasteiger partial charge in [-0.1, -0.05) is 19.3 Å². The third-order valence-electron chi connectivity index (χ3n) is 5.31. The molecule has 2 aromatic rings. The van der Waals surface area contributed by atoms with E-state index < -0.39 is 5.54 Å². The largest absolute Gasteiger partial charge is 0.493 e. The number of hydrogen-bond donors (Lipinski definition) is 2. The highest BCUT2D eigenvalue weighted by Crippen LogP contribution is 2.27. The van der Waals surface area contributed by atoms with Crippen molar-refractivity contribution in [2.75, 3.05) is 13.2 Å². The standard InChI is InChI=1S/C22H31NO3/c1-22(23,16-24)14-13-20-11-12-21(26-20)18-7-9-19(10-8-18)25-15-17-5-3-2-4-6-17/h7-12,17,24H,2-6,13-16,23H2,1H3/t22-/m1/s1. The molecule has 1 heterocycles. The fraction of sp³-hybridized carbons (Fsp3) is 0.545. The van der Waals surface area contributed by atoms with Crippen LogP contribution in [0.1, 0.15) is 51.2 Å². The minimum Gasteiger partial charge on any atom is -0.493 e. The summed E-state index contributed by atoms with van der Waals surface area (Å²) in [5, 5.41) is 9.24. The van der Waals surface area contributed by atoms with E-state index in [1.807, 2.05) is 43.3 Å². The summed E-state index contributed by atoms with van der Waals surface area (Å²) in [7, 11) is 0. The summed E-state index contributed by atoms with van der Waals surface area (Å²) >= 11 is 0. The van der Waals surface area contributed by atoms with E-state index in [1.165, 1.54) is 32.1 Å². The maximum absolute atomic E-state index is 9.24. The van der Waals surface area contributed by atoms with Crippen LogP contribution in [0, 0.1) is 5.92 Å². The summed E-state index contributed by atoms with van der Waals surface area (Å²) in [6.45, 7) is 2.65. The first-order chi connectivity index (χ1) is 12.6. The molecule has 0 bridgehead atoms. The number of hydrogen-bond acceptors (Lipinski definition) is 4. The van der Waals surface area contributed by atoms with Gasteiger partial charge in [0.2, 0.25) is 0 Å². The third kappa shape index (κ3) is 5.36. The normalized spacial score (nSPS) is 17.8. The van der Waals surface area contributed by atoms with Crippen LogP contribution in [0.15, 0.2) is 40.8 Å². The molecule has 1 fully saturated rings. The molecule has 0 aliphatic heterocycles. The van der Waals surface area contributed by atoms with Crippen LogP contribution in [0.5, 0.6) is 5.75 Å². The van der Waals surface area contributed by atoms with Crippen molar-refractivity contribution in [1.82, 2.24) is 0 Å². The highest BCUT2D eigenvalue weighted by molar-refractivity contribution is 5.58. The second-order valence-electron chi connectivity index (χ2n) is 7.92. The lowest BCUT2D eigenvalue weighted by atomic mass is 9.90. The summed E-state index contributed by atoms with van der Waals surface area (Å²) < 4.78 is 11.9. The molecule has 1 saturated carbocycles. The zero-order valence-electron chi connectivity index (χ0n) is 15.7. The smallest absolute Gasteiger partial charge is 0.134 e. The second kappa shape index (κ2) is 8.74. The molecule has 1 atom stereocenters. The topological polar surface area (TPSA) is 68.6 Å². The zero-order chi connectivity index (χ0) is 18.4. The molecular weight excluding hydrogens is 326 g/mol. The van der Waals surface area contributed by atoms with Gasteiger partial charge in [-0.3, -0.25) is 0 Å². The van der Waals surface area contributed by atoms with E-state index in [1.54, 1.807) is 0 Å². The van der Waals surface area contributed by atoms with Gasteiger partial charge in [-0.05, 0) is 68.5 Å². The van der Waals surface area contributed by atoms with E-state index in [0.29, 0.717) is 12.3 Å². The lowest BCUT2D eigenvalue weighted by molar-refractivity contribution is 0.199. The molecule has 0 saturated heterocycles. The van der Waals surface area contributed by atoms with Crippen LogP contribution in [-0.2, 0) is 6.42 Å². The van der Waals surface area contributed by atoms with Crippen LogP contribution in [0.4, 0.5) is 0 Å². The predicted octanol–water partition coefficient (Wildman–Crippen LogP) is 4.55. The SMILES string of the molecule is C[C@](N)(CO)CCc1ccc(-c2ccc(OCC3CCCCC3)cc2)o1. The van der Waals surface area contributed by atoms with Gasteiger partial charge in [0.05, 0.1) is 13.2 Å². The molecule has 1 aromatic carbocycles. The zero-order valence-corrected chi connectivity index (χ0v) is 15.7. The first kappa shape index (κ1) is 19.0. The molecule has 1 aliphatic rings. The molecule has 142 valence electrons. The summed E-state index contributed by atoms with van der Waals surface area (Å²) in [4.78, 5) is 0. The highest BCUT2D eigenvalue weighted by atomic mass is 16.5. The van der Waals surface area contributed by atoms with E-state index in [4.69, 9.17) is 14.9 Å². The van der Waals surface area contributed by atoms with Crippen LogP contribution in [0.25, 0.3) is 11.3 Å². The lowest BCUT2D eigenvalue weighted by Crippen LogP contribution is -2.40. The second-order valence-corrected chi connectivity index (χ2v) is 7.92. The number of ether oxygens (including phenoxy) is 1. The van der Waals surface area contributed by atoms with Gasteiger partial charge >= 0.3 is 0 Å². The Morgan fingerprint density at radius 2 is 1.85 bits per heavy atom. The Balaban J connectivity index is 1.53. The van der Waals surface area contributed by atoms with Crippen LogP contribution in [0.2, 0.25) is 0 Å². The number of aryl methyl sites for hydroxylation is 1. The number of aliphatic hydroxyl groups excluding tert-OH is 1. The first-order valence-corrected chi connectivity index (χ1v) is 9.77. The van der Waals surface area contributed by atoms with Crippen molar-refractivity contribution in [2.24, 2.45) is 11.7 Å². The predicted molar refractivity (Wildman–Crippen MR) is 104 cm³/mol. The summed E-state index contributed by atoms with van der Waals surface area (Å²) in [6, 6.07) is 12.1. The van der Waals surface area contributed by atoms with Crippen molar-refractivity contribution in [3.8, 4) is 17.1 Å². The Bertz CT molecular complexity index is 669. The fourth-order valence-electron chi connectivity index (χ4n) is 3.44. The molecule has 26 heavy (non-hydrogen) atoms. The summed E-state index contributed by atoms with van der Waals surface area (Å²) in [6.07, 6.45) is 8.06. The van der Waals surface area contributed by atoms with Gasteiger partial charge in [0, 0.05) is 17.5 Å². The van der Waals surface area contributed by atoms with E-state index in [-0.39, 0.29) is 6.61 Å². The quantitative estimate of drug-likeness (QED) is 0.727. The summed E-state index contributed by atoms with van der Waals surface area (Å²) in [5.41, 5.74) is 6.45. The maximum atomic E-state index is 9.24. The van der Waals surface area contributed by atoms with Gasteiger partial charge in [-0.25, -0.2) is 0 Å². The Morgan fingerprint density at radius 1 is 1.12 bits per heavy atom. The van der Waals surface area contributed by atoms with Crippen molar-refractivity contribution in [3.05, 3.63) is 42.2 Å². The minimum absolute atomic E-state index is 0.0249. The molecule has 0 radical (unpaired) electrons. The first-order valence-electron chi connectivity index (χ1n) is 9.77. The fourth-order valence-corrected chi connectivity index (χ4v) is 3.44. The van der Waals surface area contributed by atoms with E-state index in [9.17, 15) is 5.11 Å². The van der Waals surface area contributed by atoms with Crippen LogP contribution < -0.4 is 10.5 Å². The van der Waals surface area contributed by atoms with Crippen LogP contribution in [0.3, 0.4) is 0 Å². The van der Waals surface area contributed by atoms with E-state index in [0.717, 1.165) is 35.9 Å². The Morgan fingerprint density at radius 3 is 2.54 bits per heavy atom. The van der Waals surface area contributed by atoms with Gasteiger partial charge in [0.1, 0.15) is 17.3 Å². The monoisotopic (exact) mass is 357 g/mol. The highest BCUT2D eigenvalue weighted by Gasteiger charge is 2.18. The molecule has 4 nitrogen and oxygen atoms in total. The van der Waals surface area contributed by atoms with Crippen molar-refractivity contribution in [1.29, 1.82) is 0 Å². The molecule has 3 rings (SSSR count). The van der Waals surface area contributed by atoms with Crippen molar-refractivity contribution >= 4 is 0 Å². The molecule has 1 aromatic heterocycles. The van der Waals surface area contributed by atoms with Crippen LogP contribution in [-0.4, -0.2) is 23.9 Å².